The van der Waals surface area contributed by atoms with Gasteiger partial charge in [-0.3, -0.25) is 0 Å². The maximum atomic E-state index is 5.15. The maximum Gasteiger partial charge on any atom is 0.171 e. The van der Waals surface area contributed by atoms with Crippen LogP contribution in [0.25, 0.3) is 0 Å². The van der Waals surface area contributed by atoms with Crippen LogP contribution in [-0.2, 0) is 0 Å². The van der Waals surface area contributed by atoms with Crippen molar-refractivity contribution in [1.29, 1.82) is 0 Å². The summed E-state index contributed by atoms with van der Waals surface area (Å²) in [6.45, 7) is 7.73. The van der Waals surface area contributed by atoms with Gasteiger partial charge in [0.2, 0.25) is 0 Å². The highest BCUT2D eigenvalue weighted by Gasteiger charge is 1.99. The van der Waals surface area contributed by atoms with Gasteiger partial charge in [0, 0.05) is 11.7 Å². The fourth-order valence-corrected chi connectivity index (χ4v) is 1.46. The van der Waals surface area contributed by atoms with Crippen molar-refractivity contribution in [2.45, 2.75) is 19.9 Å². The molecule has 0 aliphatic heterocycles. The van der Waals surface area contributed by atoms with E-state index in [4.69, 9.17) is 12.2 Å². The van der Waals surface area contributed by atoms with Crippen molar-refractivity contribution in [3.05, 3.63) is 42.5 Å². The van der Waals surface area contributed by atoms with E-state index in [2.05, 4.69) is 17.2 Å². The van der Waals surface area contributed by atoms with Crippen LogP contribution in [0, 0.1) is 6.92 Å². The Morgan fingerprint density at radius 2 is 2.27 bits per heavy atom. The molecule has 3 heteroatoms. The fourth-order valence-electron chi connectivity index (χ4n) is 1.16. The van der Waals surface area contributed by atoms with Crippen molar-refractivity contribution < 1.29 is 0 Å². The summed E-state index contributed by atoms with van der Waals surface area (Å²) in [4.78, 5) is 0. The molecule has 1 aromatic rings. The summed E-state index contributed by atoms with van der Waals surface area (Å²) >= 11 is 5.15. The minimum absolute atomic E-state index is 0.176. The van der Waals surface area contributed by atoms with E-state index in [0.717, 1.165) is 5.69 Å². The van der Waals surface area contributed by atoms with Crippen LogP contribution < -0.4 is 10.6 Å². The van der Waals surface area contributed by atoms with Crippen LogP contribution in [0.1, 0.15) is 12.5 Å². The number of hydrogen-bond acceptors (Lipinski definition) is 1. The molecule has 1 atom stereocenters. The van der Waals surface area contributed by atoms with E-state index in [0.29, 0.717) is 5.11 Å². The predicted octanol–water partition coefficient (Wildman–Crippen LogP) is 2.86. The lowest BCUT2D eigenvalue weighted by atomic mass is 10.2. The molecule has 0 radical (unpaired) electrons. The van der Waals surface area contributed by atoms with Crippen LogP contribution in [0.3, 0.4) is 0 Å². The molecule has 1 aromatic carbocycles. The van der Waals surface area contributed by atoms with Crippen LogP contribution >= 0.6 is 12.2 Å². The third-order valence-electron chi connectivity index (χ3n) is 1.99. The van der Waals surface area contributed by atoms with Crippen molar-refractivity contribution in [1.82, 2.24) is 5.32 Å². The summed E-state index contributed by atoms with van der Waals surface area (Å²) in [5, 5.41) is 6.84. The number of thiocarbonyl (C=S) groups is 1. The summed E-state index contributed by atoms with van der Waals surface area (Å²) in [5.41, 5.74) is 2.21. The Morgan fingerprint density at radius 1 is 1.53 bits per heavy atom. The molecular formula is C12H16N2S. The van der Waals surface area contributed by atoms with E-state index >= 15 is 0 Å². The van der Waals surface area contributed by atoms with Gasteiger partial charge in [-0.15, -0.1) is 6.58 Å². The third-order valence-corrected chi connectivity index (χ3v) is 2.21. The zero-order valence-corrected chi connectivity index (χ0v) is 9.90. The zero-order valence-electron chi connectivity index (χ0n) is 9.08. The highest BCUT2D eigenvalue weighted by atomic mass is 32.1. The van der Waals surface area contributed by atoms with Crippen molar-refractivity contribution >= 4 is 23.0 Å². The standard InChI is InChI=1S/C12H16N2S/c1-4-10(3)13-12(15)14-11-7-5-6-9(2)8-11/h4-8,10H,1H2,2-3H3,(H2,13,14,15). The average molecular weight is 220 g/mol. The second kappa shape index (κ2) is 5.51. The molecule has 0 aliphatic carbocycles. The zero-order chi connectivity index (χ0) is 11.3. The predicted molar refractivity (Wildman–Crippen MR) is 70.2 cm³/mol. The van der Waals surface area contributed by atoms with Gasteiger partial charge in [-0.25, -0.2) is 0 Å². The fraction of sp³-hybridized carbons (Fsp3) is 0.250. The van der Waals surface area contributed by atoms with Gasteiger partial charge in [-0.05, 0) is 43.8 Å². The van der Waals surface area contributed by atoms with Gasteiger partial charge in [0.15, 0.2) is 5.11 Å². The average Bonchev–Trinajstić information content (AvgIpc) is 2.17. The summed E-state index contributed by atoms with van der Waals surface area (Å²) in [5.74, 6) is 0. The van der Waals surface area contributed by atoms with Crippen molar-refractivity contribution in [3.8, 4) is 0 Å². The number of hydrogen-bond donors (Lipinski definition) is 2. The summed E-state index contributed by atoms with van der Waals surface area (Å²) in [6, 6.07) is 8.26. The van der Waals surface area contributed by atoms with E-state index in [1.54, 1.807) is 0 Å². The molecule has 1 unspecified atom stereocenters. The van der Waals surface area contributed by atoms with Gasteiger partial charge >= 0.3 is 0 Å². The number of aryl methyl sites for hydroxylation is 1. The third kappa shape index (κ3) is 4.13. The molecule has 0 bridgehead atoms. The highest BCUT2D eigenvalue weighted by Crippen LogP contribution is 2.09. The van der Waals surface area contributed by atoms with Crippen LogP contribution in [0.4, 0.5) is 5.69 Å². The summed E-state index contributed by atoms with van der Waals surface area (Å²) < 4.78 is 0. The van der Waals surface area contributed by atoms with Crippen molar-refractivity contribution in [2.24, 2.45) is 0 Å². The molecule has 0 aromatic heterocycles. The van der Waals surface area contributed by atoms with Crippen LogP contribution in [0.15, 0.2) is 36.9 Å². The SMILES string of the molecule is C=CC(C)NC(=S)Nc1cccc(C)c1. The van der Waals surface area contributed by atoms with Gasteiger partial charge in [-0.2, -0.15) is 0 Å². The van der Waals surface area contributed by atoms with Gasteiger partial charge in [0.1, 0.15) is 0 Å². The lowest BCUT2D eigenvalue weighted by Gasteiger charge is -2.13. The molecule has 0 heterocycles. The molecule has 0 spiro atoms. The number of nitrogens with one attached hydrogen (secondary N) is 2. The van der Waals surface area contributed by atoms with Gasteiger partial charge in [0.05, 0.1) is 0 Å². The molecule has 0 aliphatic rings. The van der Waals surface area contributed by atoms with E-state index in [-0.39, 0.29) is 6.04 Å². The smallest absolute Gasteiger partial charge is 0.171 e. The summed E-state index contributed by atoms with van der Waals surface area (Å²) in [6.07, 6.45) is 1.81. The molecule has 80 valence electrons. The first-order chi connectivity index (χ1) is 7.11. The minimum atomic E-state index is 0.176. The lowest BCUT2D eigenvalue weighted by Crippen LogP contribution is -2.34. The topological polar surface area (TPSA) is 24.1 Å². The van der Waals surface area contributed by atoms with E-state index in [1.165, 1.54) is 5.56 Å². The van der Waals surface area contributed by atoms with Crippen LogP contribution in [0.5, 0.6) is 0 Å². The van der Waals surface area contributed by atoms with Crippen molar-refractivity contribution in [3.63, 3.8) is 0 Å². The number of anilines is 1. The molecule has 2 nitrogen and oxygen atoms in total. The monoisotopic (exact) mass is 220 g/mol. The minimum Gasteiger partial charge on any atom is -0.357 e. The van der Waals surface area contributed by atoms with Gasteiger partial charge < -0.3 is 10.6 Å². The molecule has 15 heavy (non-hydrogen) atoms. The maximum absolute atomic E-state index is 5.15. The Morgan fingerprint density at radius 3 is 2.87 bits per heavy atom. The van der Waals surface area contributed by atoms with Gasteiger partial charge in [0.25, 0.3) is 0 Å². The van der Waals surface area contributed by atoms with Crippen LogP contribution in [-0.4, -0.2) is 11.2 Å². The first-order valence-electron chi connectivity index (χ1n) is 4.88. The number of rotatable bonds is 3. The molecule has 0 fully saturated rings. The van der Waals surface area contributed by atoms with Crippen molar-refractivity contribution in [2.75, 3.05) is 5.32 Å². The molecule has 0 saturated carbocycles. The number of benzene rings is 1. The molecule has 0 saturated heterocycles. The lowest BCUT2D eigenvalue weighted by molar-refractivity contribution is 0.815. The van der Waals surface area contributed by atoms with E-state index in [9.17, 15) is 0 Å². The second-order valence-electron chi connectivity index (χ2n) is 3.49. The Balaban J connectivity index is 2.55. The molecular weight excluding hydrogens is 204 g/mol. The first-order valence-corrected chi connectivity index (χ1v) is 5.29. The Labute approximate surface area is 96.4 Å². The second-order valence-corrected chi connectivity index (χ2v) is 3.90. The van der Waals surface area contributed by atoms with E-state index < -0.39 is 0 Å². The van der Waals surface area contributed by atoms with Crippen LogP contribution in [0.2, 0.25) is 0 Å². The Hall–Kier alpha value is -1.35. The highest BCUT2D eigenvalue weighted by molar-refractivity contribution is 7.80. The normalized spacial score (nSPS) is 11.6. The Bertz CT molecular complexity index is 360. The molecule has 0 amide bonds. The largest absolute Gasteiger partial charge is 0.357 e. The van der Waals surface area contributed by atoms with Gasteiger partial charge in [-0.1, -0.05) is 18.2 Å². The van der Waals surface area contributed by atoms with E-state index in [1.807, 2.05) is 44.2 Å². The summed E-state index contributed by atoms with van der Waals surface area (Å²) in [7, 11) is 0. The molecule has 1 rings (SSSR count). The first kappa shape index (κ1) is 11.7. The molecule has 2 N–H and O–H groups in total. The Kier molecular flexibility index (Phi) is 4.31. The quantitative estimate of drug-likeness (QED) is 0.605.